The third kappa shape index (κ3) is 1.91. The molecule has 1 aliphatic rings. The number of hydrogen-bond acceptors (Lipinski definition) is 5. The molecule has 0 saturated heterocycles. The van der Waals surface area contributed by atoms with Crippen LogP contribution in [-0.2, 0) is 11.3 Å². The van der Waals surface area contributed by atoms with Crippen LogP contribution in [0.5, 0.6) is 0 Å². The van der Waals surface area contributed by atoms with Crippen molar-refractivity contribution >= 4 is 33.5 Å². The van der Waals surface area contributed by atoms with Crippen LogP contribution in [-0.4, -0.2) is 28.7 Å². The number of fused-ring (bicyclic) bond motifs is 4. The molecule has 3 aromatic rings. The largest absolute Gasteiger partial charge is 0.462 e. The van der Waals surface area contributed by atoms with E-state index in [0.717, 1.165) is 10.9 Å². The van der Waals surface area contributed by atoms with Gasteiger partial charge in [0, 0.05) is 30.1 Å². The number of nitrogens with zero attached hydrogens (tertiary/aromatic N) is 2. The summed E-state index contributed by atoms with van der Waals surface area (Å²) in [6.45, 7) is 3.19. The molecule has 23 heavy (non-hydrogen) atoms. The molecular formula is C17H15N3O3. The zero-order valence-electron chi connectivity index (χ0n) is 12.6. The number of carbonyl (C=O) groups excluding carboxylic acids is 1. The Labute approximate surface area is 131 Å². The van der Waals surface area contributed by atoms with E-state index in [2.05, 4.69) is 10.3 Å². The number of esters is 1. The molecule has 2 aromatic heterocycles. The zero-order valence-corrected chi connectivity index (χ0v) is 12.6. The number of nitrogens with one attached hydrogen (secondary N) is 1. The Morgan fingerprint density at radius 1 is 1.35 bits per heavy atom. The van der Waals surface area contributed by atoms with E-state index in [1.54, 1.807) is 17.7 Å². The van der Waals surface area contributed by atoms with Crippen LogP contribution in [0.1, 0.15) is 17.3 Å². The first-order valence-corrected chi connectivity index (χ1v) is 7.57. The average Bonchev–Trinajstić information content (AvgIpc) is 3.05. The molecule has 0 spiro atoms. The molecular weight excluding hydrogens is 294 g/mol. The molecule has 3 heterocycles. The number of rotatable bonds is 2. The third-order valence-corrected chi connectivity index (χ3v) is 4.12. The van der Waals surface area contributed by atoms with Crippen molar-refractivity contribution in [2.45, 2.75) is 13.5 Å². The summed E-state index contributed by atoms with van der Waals surface area (Å²) >= 11 is 0. The van der Waals surface area contributed by atoms with E-state index in [0.29, 0.717) is 35.2 Å². The van der Waals surface area contributed by atoms with Crippen molar-refractivity contribution in [3.8, 4) is 0 Å². The lowest BCUT2D eigenvalue weighted by atomic mass is 10.0. The number of benzene rings is 1. The van der Waals surface area contributed by atoms with E-state index in [-0.39, 0.29) is 12.2 Å². The lowest BCUT2D eigenvalue weighted by Gasteiger charge is -2.14. The molecule has 6 nitrogen and oxygen atoms in total. The fourth-order valence-corrected chi connectivity index (χ4v) is 3.16. The summed E-state index contributed by atoms with van der Waals surface area (Å²) < 4.78 is 6.82. The van der Waals surface area contributed by atoms with Gasteiger partial charge in [-0.05, 0) is 13.0 Å². The Kier molecular flexibility index (Phi) is 3.04. The molecule has 6 heteroatoms. The van der Waals surface area contributed by atoms with E-state index in [4.69, 9.17) is 4.74 Å². The zero-order chi connectivity index (χ0) is 16.0. The van der Waals surface area contributed by atoms with Crippen LogP contribution in [0.4, 0.5) is 5.82 Å². The second-order valence-electron chi connectivity index (χ2n) is 5.39. The van der Waals surface area contributed by atoms with Gasteiger partial charge in [-0.2, -0.15) is 0 Å². The first kappa shape index (κ1) is 13.8. The molecule has 0 bridgehead atoms. The number of pyridine rings is 2. The quantitative estimate of drug-likeness (QED) is 0.580. The standard InChI is InChI=1S/C17H15N3O3/c1-2-23-17(22)14-13-10-5-3-4-6-12(10)19-9-11(13)16(21)20-8-7-18-15(14)20/h3-6,9,18H,2,7-8H2,1H3. The van der Waals surface area contributed by atoms with Gasteiger partial charge in [-0.1, -0.05) is 18.2 Å². The van der Waals surface area contributed by atoms with Crippen molar-refractivity contribution in [3.63, 3.8) is 0 Å². The summed E-state index contributed by atoms with van der Waals surface area (Å²) in [4.78, 5) is 29.7. The molecule has 1 aromatic carbocycles. The smallest absolute Gasteiger partial charge is 0.342 e. The maximum atomic E-state index is 12.7. The van der Waals surface area contributed by atoms with Gasteiger partial charge in [-0.3, -0.25) is 14.3 Å². The maximum Gasteiger partial charge on any atom is 0.342 e. The normalized spacial score (nSPS) is 13.1. The van der Waals surface area contributed by atoms with Crippen molar-refractivity contribution in [1.29, 1.82) is 0 Å². The Morgan fingerprint density at radius 3 is 3.00 bits per heavy atom. The van der Waals surface area contributed by atoms with Crippen LogP contribution in [0.25, 0.3) is 21.7 Å². The first-order valence-electron chi connectivity index (χ1n) is 7.57. The summed E-state index contributed by atoms with van der Waals surface area (Å²) in [5.74, 6) is 0.115. The summed E-state index contributed by atoms with van der Waals surface area (Å²) in [7, 11) is 0. The lowest BCUT2D eigenvalue weighted by molar-refractivity contribution is 0.0529. The van der Waals surface area contributed by atoms with Crippen LogP contribution in [0.2, 0.25) is 0 Å². The minimum absolute atomic E-state index is 0.133. The van der Waals surface area contributed by atoms with Gasteiger partial charge in [0.1, 0.15) is 11.4 Å². The second kappa shape index (κ2) is 5.08. The Balaban J connectivity index is 2.23. The molecule has 0 atom stereocenters. The molecule has 0 fully saturated rings. The molecule has 0 unspecified atom stereocenters. The number of ether oxygens (including phenoxy) is 1. The van der Waals surface area contributed by atoms with Crippen molar-refractivity contribution in [1.82, 2.24) is 9.55 Å². The Morgan fingerprint density at radius 2 is 2.17 bits per heavy atom. The van der Waals surface area contributed by atoms with E-state index >= 15 is 0 Å². The Hall–Kier alpha value is -2.89. The highest BCUT2D eigenvalue weighted by atomic mass is 16.5. The number of aromatic nitrogens is 2. The minimum Gasteiger partial charge on any atom is -0.462 e. The van der Waals surface area contributed by atoms with Crippen LogP contribution >= 0.6 is 0 Å². The van der Waals surface area contributed by atoms with Crippen LogP contribution in [0.15, 0.2) is 35.3 Å². The second-order valence-corrected chi connectivity index (χ2v) is 5.39. The van der Waals surface area contributed by atoms with Crippen LogP contribution < -0.4 is 10.9 Å². The average molecular weight is 309 g/mol. The van der Waals surface area contributed by atoms with Crippen molar-refractivity contribution in [2.75, 3.05) is 18.5 Å². The van der Waals surface area contributed by atoms with Crippen molar-refractivity contribution in [3.05, 3.63) is 46.4 Å². The summed E-state index contributed by atoms with van der Waals surface area (Å²) in [5.41, 5.74) is 1.02. The van der Waals surface area contributed by atoms with E-state index in [1.165, 1.54) is 0 Å². The third-order valence-electron chi connectivity index (χ3n) is 4.12. The number of hydrogen-bond donors (Lipinski definition) is 1. The van der Waals surface area contributed by atoms with Gasteiger partial charge < -0.3 is 10.1 Å². The van der Waals surface area contributed by atoms with Gasteiger partial charge in [-0.25, -0.2) is 4.79 Å². The highest BCUT2D eigenvalue weighted by Crippen LogP contribution is 2.31. The highest BCUT2D eigenvalue weighted by molar-refractivity contribution is 6.17. The maximum absolute atomic E-state index is 12.7. The summed E-state index contributed by atoms with van der Waals surface area (Å²) in [5, 5.41) is 4.98. The van der Waals surface area contributed by atoms with Crippen LogP contribution in [0, 0.1) is 0 Å². The molecule has 116 valence electrons. The number of anilines is 1. The van der Waals surface area contributed by atoms with Crippen molar-refractivity contribution < 1.29 is 9.53 Å². The monoisotopic (exact) mass is 309 g/mol. The SMILES string of the molecule is CCOC(=O)c1c2n(c(=O)c3cnc4ccccc4c13)CCN2. The molecule has 1 N–H and O–H groups in total. The molecule has 0 radical (unpaired) electrons. The predicted octanol–water partition coefficient (Wildman–Crippen LogP) is 2.15. The van der Waals surface area contributed by atoms with Gasteiger partial charge in [0.05, 0.1) is 17.5 Å². The van der Waals surface area contributed by atoms with Gasteiger partial charge in [0.15, 0.2) is 0 Å². The number of carbonyl (C=O) groups is 1. The van der Waals surface area contributed by atoms with Gasteiger partial charge in [-0.15, -0.1) is 0 Å². The van der Waals surface area contributed by atoms with E-state index < -0.39 is 5.97 Å². The molecule has 4 rings (SSSR count). The van der Waals surface area contributed by atoms with E-state index in [1.807, 2.05) is 24.3 Å². The van der Waals surface area contributed by atoms with Crippen LogP contribution in [0.3, 0.4) is 0 Å². The Bertz CT molecular complexity index is 1010. The topological polar surface area (TPSA) is 73.2 Å². The van der Waals surface area contributed by atoms with Crippen molar-refractivity contribution in [2.24, 2.45) is 0 Å². The summed E-state index contributed by atoms with van der Waals surface area (Å²) in [6, 6.07) is 7.49. The fourth-order valence-electron chi connectivity index (χ4n) is 3.16. The number of para-hydroxylation sites is 1. The highest BCUT2D eigenvalue weighted by Gasteiger charge is 2.26. The molecule has 0 amide bonds. The minimum atomic E-state index is -0.424. The van der Waals surface area contributed by atoms with Gasteiger partial charge in [0.2, 0.25) is 0 Å². The summed E-state index contributed by atoms with van der Waals surface area (Å²) in [6.07, 6.45) is 1.55. The predicted molar refractivity (Wildman–Crippen MR) is 88.0 cm³/mol. The molecule has 0 saturated carbocycles. The fraction of sp³-hybridized carbons (Fsp3) is 0.235. The van der Waals surface area contributed by atoms with Gasteiger partial charge in [0.25, 0.3) is 5.56 Å². The van der Waals surface area contributed by atoms with Gasteiger partial charge >= 0.3 is 5.97 Å². The van der Waals surface area contributed by atoms with E-state index in [9.17, 15) is 9.59 Å². The lowest BCUT2D eigenvalue weighted by Crippen LogP contribution is -2.22. The molecule has 0 aliphatic carbocycles. The first-order chi connectivity index (χ1) is 11.2. The molecule has 1 aliphatic heterocycles.